The average Bonchev–Trinajstić information content (AvgIpc) is 4.11. The number of aliphatic hydroxyl groups excluding tert-OH is 1. The fourth-order valence-corrected chi connectivity index (χ4v) is 8.51. The predicted molar refractivity (Wildman–Crippen MR) is 236 cm³/mol. The first-order chi connectivity index (χ1) is 31.2. The van der Waals surface area contributed by atoms with Gasteiger partial charge in [0.25, 0.3) is 0 Å². The number of rotatable bonds is 21. The third kappa shape index (κ3) is 13.7. The van der Waals surface area contributed by atoms with Crippen LogP contribution in [0.5, 0.6) is 0 Å². The van der Waals surface area contributed by atoms with E-state index >= 15 is 0 Å². The number of likely N-dealkylation sites (tertiary alicyclic amines) is 3. The van der Waals surface area contributed by atoms with E-state index in [1.807, 2.05) is 0 Å². The van der Waals surface area contributed by atoms with E-state index in [1.165, 1.54) is 14.7 Å². The third-order valence-electron chi connectivity index (χ3n) is 11.8. The summed E-state index contributed by atoms with van der Waals surface area (Å²) in [6.07, 6.45) is 3.23. The van der Waals surface area contributed by atoms with E-state index in [9.17, 15) is 48.6 Å². The van der Waals surface area contributed by atoms with Gasteiger partial charge in [-0.1, -0.05) is 60.7 Å². The number of aliphatic imine (C=N–C) groups is 1. The smallest absolute Gasteiger partial charge is 0.326 e. The van der Waals surface area contributed by atoms with Crippen molar-refractivity contribution in [1.29, 1.82) is 0 Å². The van der Waals surface area contributed by atoms with E-state index in [0.717, 1.165) is 0 Å². The van der Waals surface area contributed by atoms with Crippen molar-refractivity contribution < 1.29 is 48.6 Å². The number of carboxylic acid groups (broad SMARTS) is 1. The number of carboxylic acids is 1. The second kappa shape index (κ2) is 23.9. The van der Waals surface area contributed by atoms with Gasteiger partial charge in [-0.25, -0.2) is 4.79 Å². The topological polar surface area (TPSA) is 325 Å². The van der Waals surface area contributed by atoms with Gasteiger partial charge in [0, 0.05) is 39.0 Å². The zero-order valence-corrected chi connectivity index (χ0v) is 36.3. The molecule has 0 spiro atoms. The molecule has 0 bridgehead atoms. The van der Waals surface area contributed by atoms with Gasteiger partial charge in [-0.15, -0.1) is 0 Å². The van der Waals surface area contributed by atoms with Crippen molar-refractivity contribution in [3.63, 3.8) is 0 Å². The zero-order valence-electron chi connectivity index (χ0n) is 36.3. The number of aliphatic carboxylic acids is 1. The molecule has 3 fully saturated rings. The van der Waals surface area contributed by atoms with Gasteiger partial charge in [0.1, 0.15) is 36.3 Å². The summed E-state index contributed by atoms with van der Waals surface area (Å²) < 4.78 is 0. The molecule has 0 aromatic heterocycles. The monoisotopic (exact) mass is 903 g/mol. The molecule has 0 aliphatic carbocycles. The Morgan fingerprint density at radius 2 is 1.22 bits per heavy atom. The summed E-state index contributed by atoms with van der Waals surface area (Å²) in [7, 11) is 0. The van der Waals surface area contributed by atoms with Gasteiger partial charge in [0.15, 0.2) is 5.96 Å². The van der Waals surface area contributed by atoms with Gasteiger partial charge in [0.2, 0.25) is 41.4 Å². The Morgan fingerprint density at radius 3 is 1.78 bits per heavy atom. The summed E-state index contributed by atoms with van der Waals surface area (Å²) in [5.41, 5.74) is 18.2. The number of aliphatic hydroxyl groups is 1. The molecule has 7 amide bonds. The Hall–Kier alpha value is -6.61. The lowest BCUT2D eigenvalue weighted by Crippen LogP contribution is -2.59. The lowest BCUT2D eigenvalue weighted by molar-refractivity contribution is -0.147. The van der Waals surface area contributed by atoms with Gasteiger partial charge in [-0.2, -0.15) is 0 Å². The van der Waals surface area contributed by atoms with Crippen molar-refractivity contribution in [1.82, 2.24) is 36.0 Å². The molecule has 21 heteroatoms. The molecule has 21 nitrogen and oxygen atoms in total. The quantitative estimate of drug-likeness (QED) is 0.0355. The molecule has 0 radical (unpaired) electrons. The Bertz CT molecular complexity index is 2040. The first kappa shape index (κ1) is 49.4. The molecule has 352 valence electrons. The summed E-state index contributed by atoms with van der Waals surface area (Å²) in [5, 5.41) is 30.4. The highest BCUT2D eigenvalue weighted by Crippen LogP contribution is 2.26. The van der Waals surface area contributed by atoms with Crippen LogP contribution in [-0.4, -0.2) is 160 Å². The summed E-state index contributed by atoms with van der Waals surface area (Å²) in [5.74, 6) is -5.70. The van der Waals surface area contributed by atoms with Crippen molar-refractivity contribution in [2.24, 2.45) is 22.2 Å². The van der Waals surface area contributed by atoms with E-state index in [1.54, 1.807) is 60.7 Å². The number of hydrogen-bond donors (Lipinski definition) is 9. The summed E-state index contributed by atoms with van der Waals surface area (Å²) in [4.78, 5) is 115. The third-order valence-corrected chi connectivity index (χ3v) is 11.8. The number of benzene rings is 2. The minimum absolute atomic E-state index is 0.0128. The maximum absolute atomic E-state index is 13.8. The van der Waals surface area contributed by atoms with E-state index in [2.05, 4.69) is 26.3 Å². The van der Waals surface area contributed by atoms with Crippen molar-refractivity contribution in [3.8, 4) is 0 Å². The minimum Gasteiger partial charge on any atom is -0.480 e. The van der Waals surface area contributed by atoms with Crippen LogP contribution in [-0.2, 0) is 51.2 Å². The van der Waals surface area contributed by atoms with Gasteiger partial charge in [-0.05, 0) is 62.5 Å². The first-order valence-corrected chi connectivity index (χ1v) is 22.0. The highest BCUT2D eigenvalue weighted by molar-refractivity contribution is 5.97. The molecule has 12 N–H and O–H groups in total. The molecule has 3 aliphatic rings. The molecule has 0 saturated carbocycles. The summed E-state index contributed by atoms with van der Waals surface area (Å²) >= 11 is 0. The van der Waals surface area contributed by atoms with Crippen molar-refractivity contribution in [2.75, 3.05) is 39.3 Å². The van der Waals surface area contributed by atoms with Crippen molar-refractivity contribution in [2.45, 2.75) is 107 Å². The van der Waals surface area contributed by atoms with Gasteiger partial charge < -0.3 is 63.4 Å². The maximum Gasteiger partial charge on any atom is 0.326 e. The SMILES string of the molecule is NC(N)=NCCC[C@@H](N)C(=O)N1CCC[C@H]1C(=O)N1CCC[C@@H]1C(=O)NCC(=O)N[C@@H](Cc1ccccc1)C(=O)N[C@@H](CO)C(=O)N1CCC[C@H]1C(=O)N[C@@H](Cc1ccccc1)C(=O)O. The molecule has 5 rings (SSSR count). The fraction of sp³-hybridized carbons (Fsp3) is 0.523. The van der Waals surface area contributed by atoms with Crippen LogP contribution < -0.4 is 38.5 Å². The molecule has 2 aromatic carbocycles. The fourth-order valence-electron chi connectivity index (χ4n) is 8.51. The van der Waals surface area contributed by atoms with E-state index in [-0.39, 0.29) is 50.1 Å². The van der Waals surface area contributed by atoms with E-state index in [0.29, 0.717) is 69.2 Å². The molecule has 3 saturated heterocycles. The zero-order chi connectivity index (χ0) is 47.0. The molecule has 7 atom stereocenters. The molecular weight excluding hydrogens is 843 g/mol. The van der Waals surface area contributed by atoms with E-state index in [4.69, 9.17) is 17.2 Å². The highest BCUT2D eigenvalue weighted by atomic mass is 16.4. The van der Waals surface area contributed by atoms with Crippen molar-refractivity contribution >= 4 is 53.3 Å². The number of nitrogens with one attached hydrogen (secondary N) is 4. The van der Waals surface area contributed by atoms with Gasteiger partial charge >= 0.3 is 5.97 Å². The lowest BCUT2D eigenvalue weighted by atomic mass is 10.0. The number of nitrogens with two attached hydrogens (primary N) is 3. The Balaban J connectivity index is 1.18. The van der Waals surface area contributed by atoms with Crippen LogP contribution in [0.4, 0.5) is 0 Å². The Labute approximate surface area is 376 Å². The normalized spacial score (nSPS) is 19.9. The highest BCUT2D eigenvalue weighted by Gasteiger charge is 2.43. The first-order valence-electron chi connectivity index (χ1n) is 22.0. The van der Waals surface area contributed by atoms with Crippen LogP contribution in [0.1, 0.15) is 62.5 Å². The molecular formula is C44H61N11O10. The molecule has 3 heterocycles. The second-order valence-electron chi connectivity index (χ2n) is 16.5. The van der Waals surface area contributed by atoms with Crippen LogP contribution in [0.3, 0.4) is 0 Å². The van der Waals surface area contributed by atoms with E-state index < -0.39 is 90.9 Å². The number of carbonyl (C=O) groups excluding carboxylic acids is 7. The number of hydrogen-bond acceptors (Lipinski definition) is 11. The second-order valence-corrected chi connectivity index (χ2v) is 16.5. The van der Waals surface area contributed by atoms with Crippen LogP contribution in [0.25, 0.3) is 0 Å². The lowest BCUT2D eigenvalue weighted by Gasteiger charge is -2.32. The van der Waals surface area contributed by atoms with Crippen LogP contribution in [0.15, 0.2) is 65.7 Å². The van der Waals surface area contributed by atoms with Gasteiger partial charge in [0.05, 0.1) is 19.2 Å². The molecule has 65 heavy (non-hydrogen) atoms. The number of amides is 7. The Kier molecular flexibility index (Phi) is 18.2. The number of guanidine groups is 1. The standard InChI is InChI=1S/C44H61N11O10/c45-29(15-7-19-48-44(46)47)40(61)55-22-10-18-35(55)42(63)54-21-8-16-33(54)38(59)49-25-36(57)50-30(23-27-11-3-1-4-12-27)37(58)52-32(26-56)41(62)53-20-9-17-34(53)39(60)51-31(43(64)65)24-28-13-5-2-6-14-28/h1-6,11-14,29-35,56H,7-10,15-26,45H2,(H,49,59)(H,50,57)(H,51,60)(H,52,58)(H,64,65)(H4,46,47,48)/t29-,30+,31+,32+,33-,34+,35+/m1/s1. The largest absolute Gasteiger partial charge is 0.480 e. The summed E-state index contributed by atoms with van der Waals surface area (Å²) in [6, 6.07) is 9.74. The number of carbonyl (C=O) groups is 8. The van der Waals surface area contributed by atoms with Crippen LogP contribution in [0, 0.1) is 0 Å². The molecule has 3 aliphatic heterocycles. The number of nitrogens with zero attached hydrogens (tertiary/aromatic N) is 4. The maximum atomic E-state index is 13.8. The van der Waals surface area contributed by atoms with Crippen molar-refractivity contribution in [3.05, 3.63) is 71.8 Å². The minimum atomic E-state index is -1.52. The van der Waals surface area contributed by atoms with Gasteiger partial charge in [-0.3, -0.25) is 38.6 Å². The molecule has 0 unspecified atom stereocenters. The van der Waals surface area contributed by atoms with Crippen LogP contribution >= 0.6 is 0 Å². The summed E-state index contributed by atoms with van der Waals surface area (Å²) in [6.45, 7) is -0.378. The van der Waals surface area contributed by atoms with Crippen LogP contribution in [0.2, 0.25) is 0 Å². The molecule has 2 aromatic rings. The Morgan fingerprint density at radius 1 is 0.677 bits per heavy atom. The average molecular weight is 904 g/mol. The predicted octanol–water partition coefficient (Wildman–Crippen LogP) is -2.53.